The molecule has 22 heteroatoms. The van der Waals surface area contributed by atoms with Crippen molar-refractivity contribution >= 4 is 73.7 Å². The van der Waals surface area contributed by atoms with Crippen LogP contribution in [0, 0.1) is 0 Å². The van der Waals surface area contributed by atoms with E-state index in [1.165, 1.54) is 53.5 Å². The Labute approximate surface area is 818 Å². The minimum atomic E-state index is -0.457. The first-order chi connectivity index (χ1) is 68.1. The Hall–Kier alpha value is -13.9. The molecule has 17 rings (SSSR count). The van der Waals surface area contributed by atoms with Crippen LogP contribution >= 0.6 is 0 Å². The zero-order valence-electron chi connectivity index (χ0n) is 80.0. The van der Waals surface area contributed by atoms with Gasteiger partial charge >= 0.3 is 0 Å². The monoisotopic (exact) mass is 1860 g/mol. The number of nitrogens with two attached hydrogens (primary N) is 2. The first-order valence-electron chi connectivity index (χ1n) is 49.6. The van der Waals surface area contributed by atoms with Gasteiger partial charge in [0, 0.05) is 131 Å². The van der Waals surface area contributed by atoms with E-state index < -0.39 is 6.04 Å². The summed E-state index contributed by atoms with van der Waals surface area (Å²) in [6, 6.07) is 109. The van der Waals surface area contributed by atoms with Crippen molar-refractivity contribution < 1.29 is 38.2 Å². The second-order valence-electron chi connectivity index (χ2n) is 37.0. The number of amides is 6. The van der Waals surface area contributed by atoms with Gasteiger partial charge in [0.25, 0.3) is 17.7 Å². The van der Waals surface area contributed by atoms with Gasteiger partial charge in [0.05, 0.1) is 32.3 Å². The van der Waals surface area contributed by atoms with Gasteiger partial charge in [-0.05, 0) is 216 Å². The third kappa shape index (κ3) is 28.9. The Morgan fingerprint density at radius 2 is 0.676 bits per heavy atom. The molecule has 4 aliphatic rings. The predicted molar refractivity (Wildman–Crippen MR) is 559 cm³/mol. The van der Waals surface area contributed by atoms with Gasteiger partial charge in [-0.3, -0.25) is 33.8 Å². The maximum Gasteiger partial charge on any atom is 0.251 e. The molecule has 139 heavy (non-hydrogen) atoms. The average Bonchev–Trinajstić information content (AvgIpc) is 1.77. The fourth-order valence-corrected chi connectivity index (χ4v) is 19.6. The molecule has 0 bridgehead atoms. The Balaban J connectivity index is 0.000000158. The molecule has 3 saturated heterocycles. The summed E-state index contributed by atoms with van der Waals surface area (Å²) in [5, 5.41) is 34.0. The summed E-state index contributed by atoms with van der Waals surface area (Å²) < 4.78 is 10.8. The van der Waals surface area contributed by atoms with E-state index in [2.05, 4.69) is 180 Å². The number of hydrogen-bond acceptors (Lipinski definition) is 14. The highest BCUT2D eigenvalue weighted by Crippen LogP contribution is 2.34. The van der Waals surface area contributed by atoms with Crippen LogP contribution in [0.3, 0.4) is 0 Å². The average molecular weight is 1860 g/mol. The summed E-state index contributed by atoms with van der Waals surface area (Å²) in [6.45, 7) is 7.82. The van der Waals surface area contributed by atoms with E-state index in [0.717, 1.165) is 107 Å². The number of hydrogen-bond donors (Lipinski definition) is 10. The highest BCUT2D eigenvalue weighted by atomic mass is 16.5. The molecule has 720 valence electrons. The Bertz CT molecular complexity index is 5990. The third-order valence-corrected chi connectivity index (χ3v) is 27.4. The Morgan fingerprint density at radius 1 is 0.367 bits per heavy atom. The lowest BCUT2D eigenvalue weighted by molar-refractivity contribution is -0.133. The van der Waals surface area contributed by atoms with E-state index in [4.69, 9.17) is 20.9 Å². The first kappa shape index (κ1) is 99.6. The molecular weight excluding hydrogens is 1730 g/mol. The van der Waals surface area contributed by atoms with E-state index in [0.29, 0.717) is 114 Å². The smallest absolute Gasteiger partial charge is 0.251 e. The minimum absolute atomic E-state index is 0.00282. The van der Waals surface area contributed by atoms with Crippen LogP contribution in [-0.4, -0.2) is 191 Å². The highest BCUT2D eigenvalue weighted by Gasteiger charge is 2.37. The van der Waals surface area contributed by atoms with Gasteiger partial charge in [0.1, 0.15) is 11.5 Å². The number of carbonyl (C=O) groups is 6. The molecule has 0 aromatic heterocycles. The number of carbonyl (C=O) groups excluding carboxylic acids is 6. The van der Waals surface area contributed by atoms with Crippen LogP contribution in [0.5, 0.6) is 11.5 Å². The van der Waals surface area contributed by atoms with Gasteiger partial charge in [-0.25, -0.2) is 0 Å². The van der Waals surface area contributed by atoms with Crippen molar-refractivity contribution in [1.29, 1.82) is 0 Å². The number of nitrogens with one attached hydrogen (secondary N) is 8. The van der Waals surface area contributed by atoms with E-state index >= 15 is 0 Å². The SMILES string of the molecule is COc1ccc(C(CN2CC[C@@H](CNC(=O)c3ccc4ccccc4c3)N[C@@H](CCCN=C(N)N)C2=O)c2ccc(OC)cc2)cc1.O=C(NC[C@@H]1CCN(CC(c2ccccc2)c2ccccc2)C(=O)[C@H](CCCNC2CCCC2)N1)c1ccc2ccccc2c1.O=C(NC[C@@H]1CCN(CC(c2ccccc2)c2ccccc2)C(=O)[C@H](CCCNCc2ccccc2)N1)c1ccc2ccccc2c1. The number of nitrogens with zero attached hydrogens (tertiary/aromatic N) is 4. The molecule has 13 aromatic rings. The van der Waals surface area contributed by atoms with Crippen molar-refractivity contribution in [2.45, 2.75) is 150 Å². The van der Waals surface area contributed by atoms with Gasteiger partial charge in [0.2, 0.25) is 17.7 Å². The largest absolute Gasteiger partial charge is 0.497 e. The summed E-state index contributed by atoms with van der Waals surface area (Å²) >= 11 is 0. The summed E-state index contributed by atoms with van der Waals surface area (Å²) in [7, 11) is 3.29. The zero-order valence-corrected chi connectivity index (χ0v) is 80.0. The summed E-state index contributed by atoms with van der Waals surface area (Å²) in [5.41, 5.74) is 21.2. The fourth-order valence-electron chi connectivity index (χ4n) is 19.6. The molecule has 3 heterocycles. The van der Waals surface area contributed by atoms with Gasteiger partial charge in [0.15, 0.2) is 5.96 Å². The topological polar surface area (TPSA) is 291 Å². The molecule has 1 saturated carbocycles. The summed E-state index contributed by atoms with van der Waals surface area (Å²) in [4.78, 5) is 92.3. The normalized spacial score (nSPS) is 17.4. The standard InChI is InChI=1S/C41H44N4O2.C39H46N4O2.C37H44N6O4/c46-40(36-23-22-32-15-10-11-20-35(32)27-36)43-29-37-24-26-45(30-38(33-16-6-2-7-17-33)34-18-8-3-9-19-34)41(47)39(44-37)21-12-25-42-28-31-13-4-1-5-14-31;44-38(33-22-21-29-12-7-8-17-32(29)26-33)41-27-35-23-25-43(39(45)37(42-35)20-11-24-40-34-18-9-10-19-34)28-36(30-13-3-1-4-14-30)31-15-5-2-6-16-31;1-46-31-15-11-26(12-16-31)33(27-13-17-32(47-2)18-14-27)24-43-21-19-30(42-34(36(43)45)8-5-20-40-37(38)39)23-41-35(44)29-10-9-25-6-3-4-7-28(25)22-29/h1-11,13-20,22-23,27,37-39,42,44H,12,21,24-26,28-30H2,(H,43,46);1-8,12-17,21-22,26,34-37,40,42H,9-11,18-20,23-25,27-28H2,(H,41,44);3-4,6-7,9-18,22,30,33-34,42H,5,8,19-21,23-24H2,1-2H3,(H,41,44)(H4,38,39,40)/t37-,39-;35-,37-;30-,34-/m000/s1. The van der Waals surface area contributed by atoms with Crippen molar-refractivity contribution in [1.82, 2.24) is 57.2 Å². The van der Waals surface area contributed by atoms with E-state index in [-0.39, 0.29) is 89.4 Å². The number of benzene rings is 13. The third-order valence-electron chi connectivity index (χ3n) is 27.4. The van der Waals surface area contributed by atoms with Crippen molar-refractivity contribution in [3.8, 4) is 11.5 Å². The lowest BCUT2D eigenvalue weighted by Crippen LogP contribution is -2.49. The summed E-state index contributed by atoms with van der Waals surface area (Å²) in [6.07, 6.45) is 11.8. The van der Waals surface area contributed by atoms with Crippen LogP contribution in [0.2, 0.25) is 0 Å². The van der Waals surface area contributed by atoms with Gasteiger partial charge < -0.3 is 78.2 Å². The number of aliphatic imine (C=N–C) groups is 1. The van der Waals surface area contributed by atoms with Crippen molar-refractivity contribution in [3.05, 3.63) is 383 Å². The number of methoxy groups -OCH3 is 2. The summed E-state index contributed by atoms with van der Waals surface area (Å²) in [5.74, 6) is 1.63. The van der Waals surface area contributed by atoms with Crippen LogP contribution < -0.4 is 63.5 Å². The lowest BCUT2D eigenvalue weighted by atomic mass is 9.90. The maximum absolute atomic E-state index is 14.2. The van der Waals surface area contributed by atoms with E-state index in [1.54, 1.807) is 14.2 Å². The number of fused-ring (bicyclic) bond motifs is 3. The highest BCUT2D eigenvalue weighted by molar-refractivity contribution is 6.00. The van der Waals surface area contributed by atoms with Gasteiger partial charge in [-0.15, -0.1) is 0 Å². The second kappa shape index (κ2) is 51.5. The number of ether oxygens (including phenoxy) is 2. The fraction of sp³-hybridized carbons (Fsp3) is 0.325. The van der Waals surface area contributed by atoms with E-state index in [1.807, 2.05) is 210 Å². The zero-order chi connectivity index (χ0) is 96.3. The van der Waals surface area contributed by atoms with Crippen LogP contribution in [0.4, 0.5) is 0 Å². The number of rotatable bonds is 38. The van der Waals surface area contributed by atoms with Crippen molar-refractivity contribution in [2.24, 2.45) is 16.5 Å². The molecule has 1 aliphatic carbocycles. The number of guanidine groups is 1. The molecule has 0 radical (unpaired) electrons. The van der Waals surface area contributed by atoms with Crippen LogP contribution in [0.25, 0.3) is 32.3 Å². The predicted octanol–water partition coefficient (Wildman–Crippen LogP) is 16.8. The van der Waals surface area contributed by atoms with Gasteiger partial charge in [-0.1, -0.05) is 280 Å². The molecule has 0 unspecified atom stereocenters. The molecule has 13 aromatic carbocycles. The molecular formula is C117H134N14O8. The quantitative estimate of drug-likeness (QED) is 0.00978. The van der Waals surface area contributed by atoms with Gasteiger partial charge in [-0.2, -0.15) is 0 Å². The Kier molecular flexibility index (Phi) is 36.9. The molecule has 0 spiro atoms. The molecule has 6 atom stereocenters. The van der Waals surface area contributed by atoms with Crippen molar-refractivity contribution in [3.63, 3.8) is 0 Å². The van der Waals surface area contributed by atoms with Crippen LogP contribution in [0.1, 0.15) is 171 Å². The van der Waals surface area contributed by atoms with E-state index in [9.17, 15) is 28.8 Å². The minimum Gasteiger partial charge on any atom is -0.497 e. The molecule has 3 aliphatic heterocycles. The molecule has 6 amide bonds. The molecule has 4 fully saturated rings. The van der Waals surface area contributed by atoms with Crippen LogP contribution in [-0.2, 0) is 20.9 Å². The maximum atomic E-state index is 14.2. The molecule has 12 N–H and O–H groups in total. The second-order valence-corrected chi connectivity index (χ2v) is 37.0. The van der Waals surface area contributed by atoms with Crippen molar-refractivity contribution in [2.75, 3.05) is 92.8 Å². The lowest BCUT2D eigenvalue weighted by Gasteiger charge is -2.29. The molecule has 22 nitrogen and oxygen atoms in total. The van der Waals surface area contributed by atoms with Crippen LogP contribution in [0.15, 0.2) is 333 Å². The first-order valence-corrected chi connectivity index (χ1v) is 49.6. The Morgan fingerprint density at radius 3 is 1.01 bits per heavy atom.